The number of benzene rings is 1. The molecule has 1 amide bonds. The number of rotatable bonds is 6. The summed E-state index contributed by atoms with van der Waals surface area (Å²) < 4.78 is 31.1. The topological polar surface area (TPSA) is 131 Å². The average Bonchev–Trinajstić information content (AvgIpc) is 3.18. The first kappa shape index (κ1) is 25.6. The van der Waals surface area contributed by atoms with Crippen LogP contribution in [0.25, 0.3) is 11.2 Å². The van der Waals surface area contributed by atoms with Crippen LogP contribution < -0.4 is 16.4 Å². The van der Waals surface area contributed by atoms with Crippen LogP contribution >= 0.6 is 11.6 Å². The molecule has 2 aliphatic rings. The molecule has 2 aliphatic carbocycles. The minimum atomic E-state index is -0.848. The van der Waals surface area contributed by atoms with E-state index >= 15 is 0 Å². The van der Waals surface area contributed by atoms with Crippen molar-refractivity contribution in [3.63, 3.8) is 0 Å². The van der Waals surface area contributed by atoms with Gasteiger partial charge in [0.05, 0.1) is 11.8 Å². The lowest BCUT2D eigenvalue weighted by atomic mass is 9.83. The fourth-order valence-corrected chi connectivity index (χ4v) is 5.75. The summed E-state index contributed by atoms with van der Waals surface area (Å²) in [7, 11) is 0. The predicted molar refractivity (Wildman–Crippen MR) is 137 cm³/mol. The van der Waals surface area contributed by atoms with E-state index < -0.39 is 17.2 Å². The van der Waals surface area contributed by atoms with Gasteiger partial charge in [-0.25, -0.2) is 18.7 Å². The van der Waals surface area contributed by atoms with Crippen LogP contribution in [-0.2, 0) is 4.79 Å². The van der Waals surface area contributed by atoms with Crippen LogP contribution in [0.3, 0.4) is 0 Å². The summed E-state index contributed by atoms with van der Waals surface area (Å²) in [5, 5.41) is 16.5. The van der Waals surface area contributed by atoms with E-state index in [1.54, 1.807) is 6.20 Å². The van der Waals surface area contributed by atoms with Gasteiger partial charge >= 0.3 is 0 Å². The molecule has 12 heteroatoms. The number of hydrogen-bond donors (Lipinski definition) is 4. The highest BCUT2D eigenvalue weighted by Gasteiger charge is 2.32. The van der Waals surface area contributed by atoms with Crippen molar-refractivity contribution in [2.75, 3.05) is 10.6 Å². The Hall–Kier alpha value is -3.05. The van der Waals surface area contributed by atoms with Crippen molar-refractivity contribution in [1.82, 2.24) is 19.5 Å². The van der Waals surface area contributed by atoms with Crippen molar-refractivity contribution >= 4 is 46.3 Å². The first-order chi connectivity index (χ1) is 17.6. The number of aliphatic hydroxyl groups is 1. The van der Waals surface area contributed by atoms with E-state index in [4.69, 9.17) is 22.3 Å². The highest BCUT2D eigenvalue weighted by Crippen LogP contribution is 2.38. The number of aromatic nitrogens is 4. The second kappa shape index (κ2) is 10.0. The minimum absolute atomic E-state index is 0.0124. The van der Waals surface area contributed by atoms with Gasteiger partial charge in [0, 0.05) is 23.0 Å². The monoisotopic (exact) mass is 533 g/mol. The number of imidazole rings is 1. The van der Waals surface area contributed by atoms with Crippen molar-refractivity contribution in [3.8, 4) is 0 Å². The van der Waals surface area contributed by atoms with Gasteiger partial charge in [-0.3, -0.25) is 9.36 Å². The number of halogens is 3. The van der Waals surface area contributed by atoms with Crippen LogP contribution in [0.1, 0.15) is 64.3 Å². The molecule has 9 nitrogen and oxygen atoms in total. The van der Waals surface area contributed by atoms with Crippen LogP contribution in [0.15, 0.2) is 18.3 Å². The molecule has 0 radical (unpaired) electrons. The highest BCUT2D eigenvalue weighted by molar-refractivity contribution is 6.30. The molecule has 0 aliphatic heterocycles. The van der Waals surface area contributed by atoms with E-state index in [1.807, 2.05) is 11.5 Å². The summed E-state index contributed by atoms with van der Waals surface area (Å²) in [5.41, 5.74) is 5.35. The number of nitrogens with one attached hydrogen (secondary N) is 2. The summed E-state index contributed by atoms with van der Waals surface area (Å²) in [5.74, 6) is -1.63. The van der Waals surface area contributed by atoms with Gasteiger partial charge in [-0.15, -0.1) is 0 Å². The number of anilines is 3. The fourth-order valence-electron chi connectivity index (χ4n) is 5.56. The molecular formula is C25H30ClF2N7O2. The van der Waals surface area contributed by atoms with E-state index in [1.165, 1.54) is 0 Å². The second-order valence-corrected chi connectivity index (χ2v) is 10.9. The summed E-state index contributed by atoms with van der Waals surface area (Å²) in [6.45, 7) is 1.83. The van der Waals surface area contributed by atoms with Crippen molar-refractivity contribution in [2.45, 2.75) is 76.0 Å². The number of nitrogens with two attached hydrogens (primary N) is 1. The van der Waals surface area contributed by atoms with Crippen molar-refractivity contribution in [2.24, 2.45) is 11.7 Å². The van der Waals surface area contributed by atoms with E-state index in [-0.39, 0.29) is 40.6 Å². The number of hydrogen-bond acceptors (Lipinski definition) is 7. The lowest BCUT2D eigenvalue weighted by Gasteiger charge is -2.34. The molecule has 0 unspecified atom stereocenters. The number of amides is 1. The predicted octanol–water partition coefficient (Wildman–Crippen LogP) is 4.82. The summed E-state index contributed by atoms with van der Waals surface area (Å²) in [6.07, 6.45) is 7.10. The molecule has 5 N–H and O–H groups in total. The Bertz CT molecular complexity index is 1300. The van der Waals surface area contributed by atoms with E-state index in [0.29, 0.717) is 49.2 Å². The Balaban J connectivity index is 1.51. The molecular weight excluding hydrogens is 504 g/mol. The quantitative estimate of drug-likeness (QED) is 0.357. The normalized spacial score (nSPS) is 26.2. The number of primary amides is 1. The molecule has 0 bridgehead atoms. The van der Waals surface area contributed by atoms with Gasteiger partial charge < -0.3 is 21.5 Å². The Morgan fingerprint density at radius 2 is 1.89 bits per heavy atom. The number of fused-ring (bicyclic) bond motifs is 1. The number of carbonyl (C=O) groups excluding carboxylic acids is 1. The zero-order valence-electron chi connectivity index (χ0n) is 20.5. The lowest BCUT2D eigenvalue weighted by Crippen LogP contribution is -2.38. The minimum Gasteiger partial charge on any atom is -0.390 e. The van der Waals surface area contributed by atoms with Crippen LogP contribution in [0.4, 0.5) is 26.4 Å². The average molecular weight is 534 g/mol. The lowest BCUT2D eigenvalue weighted by molar-refractivity contribution is -0.122. The SMILES string of the molecule is C[C@]1(O)CCC[C@@H](Nc2ncc3nc(Nc4c(F)cc(Cl)cc4F)n([C@H]4CC[C@@H](C(N)=O)CC4)c3n2)C1. The molecule has 2 heterocycles. The molecule has 3 aromatic rings. The molecule has 5 rings (SSSR count). The zero-order valence-corrected chi connectivity index (χ0v) is 21.2. The standard InChI is InChI=1S/C25H30ClF2N7O2/c1-25(37)8-2-3-15(11-25)31-23-30-12-19-22(34-23)35(16-6-4-13(5-7-16)21(29)36)24(32-19)33-20-17(27)9-14(26)10-18(20)28/h9-10,12-13,15-16,37H,2-8,11H2,1H3,(H2,29,36)(H,32,33)(H,30,31,34)/t13-,15-,16+,25+/m1/s1. The van der Waals surface area contributed by atoms with Crippen LogP contribution in [0.5, 0.6) is 0 Å². The molecule has 2 atom stereocenters. The first-order valence-corrected chi connectivity index (χ1v) is 12.9. The second-order valence-electron chi connectivity index (χ2n) is 10.4. The number of carbonyl (C=O) groups is 1. The van der Waals surface area contributed by atoms with E-state index in [2.05, 4.69) is 20.6 Å². The van der Waals surface area contributed by atoms with Gasteiger partial charge in [-0.2, -0.15) is 4.98 Å². The molecule has 2 aromatic heterocycles. The summed E-state index contributed by atoms with van der Waals surface area (Å²) in [6, 6.07) is 1.94. The molecule has 1 aromatic carbocycles. The van der Waals surface area contributed by atoms with Crippen LogP contribution in [0.2, 0.25) is 5.02 Å². The summed E-state index contributed by atoms with van der Waals surface area (Å²) >= 11 is 5.79. The maximum atomic E-state index is 14.6. The van der Waals surface area contributed by atoms with Crippen LogP contribution in [0, 0.1) is 17.6 Å². The van der Waals surface area contributed by atoms with Gasteiger partial charge in [0.25, 0.3) is 0 Å². The third kappa shape index (κ3) is 5.47. The Kier molecular flexibility index (Phi) is 6.93. The van der Waals surface area contributed by atoms with Crippen LogP contribution in [-0.4, -0.2) is 42.2 Å². The van der Waals surface area contributed by atoms with Gasteiger partial charge in [0.2, 0.25) is 17.8 Å². The number of nitrogens with zero attached hydrogens (tertiary/aromatic N) is 4. The third-order valence-corrected chi connectivity index (χ3v) is 7.65. The Labute approximate surface area is 217 Å². The van der Waals surface area contributed by atoms with Gasteiger partial charge in [-0.05, 0) is 70.4 Å². The molecule has 37 heavy (non-hydrogen) atoms. The fraction of sp³-hybridized carbons (Fsp3) is 0.520. The largest absolute Gasteiger partial charge is 0.390 e. The first-order valence-electron chi connectivity index (χ1n) is 12.5. The highest BCUT2D eigenvalue weighted by atomic mass is 35.5. The van der Waals surface area contributed by atoms with Gasteiger partial charge in [0.15, 0.2) is 17.3 Å². The molecule has 0 saturated heterocycles. The van der Waals surface area contributed by atoms with Crippen molar-refractivity contribution in [1.29, 1.82) is 0 Å². The zero-order chi connectivity index (χ0) is 26.3. The van der Waals surface area contributed by atoms with E-state index in [9.17, 15) is 18.7 Å². The Morgan fingerprint density at radius 1 is 1.19 bits per heavy atom. The third-order valence-electron chi connectivity index (χ3n) is 7.43. The molecule has 0 spiro atoms. The smallest absolute Gasteiger partial charge is 0.224 e. The molecule has 198 valence electrons. The summed E-state index contributed by atoms with van der Waals surface area (Å²) in [4.78, 5) is 25.4. The van der Waals surface area contributed by atoms with E-state index in [0.717, 1.165) is 31.4 Å². The maximum Gasteiger partial charge on any atom is 0.224 e. The Morgan fingerprint density at radius 3 is 2.54 bits per heavy atom. The van der Waals surface area contributed by atoms with Crippen molar-refractivity contribution in [3.05, 3.63) is 35.0 Å². The molecule has 2 saturated carbocycles. The van der Waals surface area contributed by atoms with Gasteiger partial charge in [-0.1, -0.05) is 11.6 Å². The van der Waals surface area contributed by atoms with Gasteiger partial charge in [0.1, 0.15) is 11.2 Å². The maximum absolute atomic E-state index is 14.6. The van der Waals surface area contributed by atoms with Crippen molar-refractivity contribution < 1.29 is 18.7 Å². The molecule has 2 fully saturated rings.